The number of carbonyl (C=O) groups is 1. The summed E-state index contributed by atoms with van der Waals surface area (Å²) in [6.45, 7) is 0.390. The van der Waals surface area contributed by atoms with Gasteiger partial charge in [0.25, 0.3) is 0 Å². The molecule has 1 aliphatic heterocycles. The van der Waals surface area contributed by atoms with E-state index >= 15 is 0 Å². The average molecular weight is 315 g/mol. The molecule has 116 valence electrons. The van der Waals surface area contributed by atoms with Crippen LogP contribution in [0.15, 0.2) is 29.2 Å². The van der Waals surface area contributed by atoms with E-state index in [0.717, 1.165) is 0 Å². The molecule has 2 rings (SSSR count). The summed E-state index contributed by atoms with van der Waals surface area (Å²) < 4.78 is 37.4. The summed E-state index contributed by atoms with van der Waals surface area (Å²) in [6, 6.07) is 6.07. The largest absolute Gasteiger partial charge is 0.495 e. The standard InChI is InChI=1S/C13H17NO6S/c1-19-10-4-2-3-5-11(10)21(17,18)14-13(12(15)16)6-8-20-9-7-13/h2-5,14H,6-9H2,1H3,(H,15,16). The number of aliphatic carboxylic acids is 1. The second kappa shape index (κ2) is 6.00. The van der Waals surface area contributed by atoms with E-state index in [0.29, 0.717) is 0 Å². The molecular weight excluding hydrogens is 298 g/mol. The third-order valence-corrected chi connectivity index (χ3v) is 5.02. The number of benzene rings is 1. The molecule has 1 aliphatic rings. The van der Waals surface area contributed by atoms with Gasteiger partial charge in [-0.05, 0) is 12.1 Å². The summed E-state index contributed by atoms with van der Waals surface area (Å²) in [7, 11) is -2.66. The van der Waals surface area contributed by atoms with E-state index in [1.807, 2.05) is 0 Å². The van der Waals surface area contributed by atoms with Crippen molar-refractivity contribution in [3.63, 3.8) is 0 Å². The summed E-state index contributed by atoms with van der Waals surface area (Å²) >= 11 is 0. The Morgan fingerprint density at radius 2 is 1.95 bits per heavy atom. The van der Waals surface area contributed by atoms with Crippen LogP contribution in [-0.2, 0) is 19.6 Å². The van der Waals surface area contributed by atoms with Gasteiger partial charge in [-0.15, -0.1) is 0 Å². The van der Waals surface area contributed by atoms with Gasteiger partial charge in [0.1, 0.15) is 16.2 Å². The lowest BCUT2D eigenvalue weighted by atomic mass is 9.92. The van der Waals surface area contributed by atoms with Crippen LogP contribution in [0.25, 0.3) is 0 Å². The molecule has 0 spiro atoms. The Kier molecular flexibility index (Phi) is 4.50. The Morgan fingerprint density at radius 3 is 2.52 bits per heavy atom. The highest BCUT2D eigenvalue weighted by Gasteiger charge is 2.44. The van der Waals surface area contributed by atoms with Gasteiger partial charge in [0.05, 0.1) is 7.11 Å². The van der Waals surface area contributed by atoms with Gasteiger partial charge in [-0.1, -0.05) is 12.1 Å². The molecule has 2 N–H and O–H groups in total. The Morgan fingerprint density at radius 1 is 1.33 bits per heavy atom. The number of carboxylic acid groups (broad SMARTS) is 1. The van der Waals surface area contributed by atoms with Crippen LogP contribution in [0.2, 0.25) is 0 Å². The van der Waals surface area contributed by atoms with Crippen LogP contribution in [0.5, 0.6) is 5.75 Å². The molecule has 0 bridgehead atoms. The third kappa shape index (κ3) is 3.17. The minimum absolute atomic E-state index is 0.0801. The van der Waals surface area contributed by atoms with Crippen molar-refractivity contribution in [3.05, 3.63) is 24.3 Å². The monoisotopic (exact) mass is 315 g/mol. The molecule has 0 radical (unpaired) electrons. The molecule has 0 amide bonds. The highest BCUT2D eigenvalue weighted by Crippen LogP contribution is 2.28. The van der Waals surface area contributed by atoms with Crippen LogP contribution < -0.4 is 9.46 Å². The van der Waals surface area contributed by atoms with Crippen molar-refractivity contribution < 1.29 is 27.8 Å². The fourth-order valence-corrected chi connectivity index (χ4v) is 3.82. The third-order valence-electron chi connectivity index (χ3n) is 3.44. The lowest BCUT2D eigenvalue weighted by Gasteiger charge is -2.33. The molecule has 0 aliphatic carbocycles. The van der Waals surface area contributed by atoms with Crippen molar-refractivity contribution >= 4 is 16.0 Å². The SMILES string of the molecule is COc1ccccc1S(=O)(=O)NC1(C(=O)O)CCOCC1. The van der Waals surface area contributed by atoms with Crippen LogP contribution in [0, 0.1) is 0 Å². The molecule has 0 saturated carbocycles. The van der Waals surface area contributed by atoms with Gasteiger partial charge in [0.2, 0.25) is 10.0 Å². The van der Waals surface area contributed by atoms with Gasteiger partial charge >= 0.3 is 5.97 Å². The average Bonchev–Trinajstić information content (AvgIpc) is 2.47. The molecule has 8 heteroatoms. The lowest BCUT2D eigenvalue weighted by molar-refractivity contribution is -0.147. The van der Waals surface area contributed by atoms with Crippen molar-refractivity contribution in [2.24, 2.45) is 0 Å². The number of nitrogens with one attached hydrogen (secondary N) is 1. The molecule has 0 atom stereocenters. The van der Waals surface area contributed by atoms with Gasteiger partial charge in [-0.2, -0.15) is 4.72 Å². The van der Waals surface area contributed by atoms with Crippen LogP contribution in [0.3, 0.4) is 0 Å². The summed E-state index contributed by atoms with van der Waals surface area (Å²) in [5.74, 6) is -1.04. The van der Waals surface area contributed by atoms with E-state index in [9.17, 15) is 18.3 Å². The highest BCUT2D eigenvalue weighted by molar-refractivity contribution is 7.89. The maximum Gasteiger partial charge on any atom is 0.325 e. The number of ether oxygens (including phenoxy) is 2. The Balaban J connectivity index is 2.37. The second-order valence-electron chi connectivity index (χ2n) is 4.76. The minimum Gasteiger partial charge on any atom is -0.495 e. The van der Waals surface area contributed by atoms with Gasteiger partial charge in [-0.3, -0.25) is 4.79 Å². The molecule has 7 nitrogen and oxygen atoms in total. The van der Waals surface area contributed by atoms with E-state index in [1.54, 1.807) is 12.1 Å². The summed E-state index contributed by atoms with van der Waals surface area (Å²) in [4.78, 5) is 11.4. The number of rotatable bonds is 5. The molecule has 21 heavy (non-hydrogen) atoms. The first-order valence-electron chi connectivity index (χ1n) is 6.39. The van der Waals surface area contributed by atoms with Crippen molar-refractivity contribution in [1.29, 1.82) is 0 Å². The van der Waals surface area contributed by atoms with E-state index in [1.165, 1.54) is 19.2 Å². The molecule has 1 fully saturated rings. The summed E-state index contributed by atoms with van der Waals surface area (Å²) in [6.07, 6.45) is 0.160. The first-order chi connectivity index (χ1) is 9.91. The van der Waals surface area contributed by atoms with Gasteiger partial charge in [-0.25, -0.2) is 8.42 Å². The van der Waals surface area contributed by atoms with Crippen LogP contribution in [-0.4, -0.2) is 45.4 Å². The first-order valence-corrected chi connectivity index (χ1v) is 7.88. The van der Waals surface area contributed by atoms with Gasteiger partial charge in [0.15, 0.2) is 0 Å². The van der Waals surface area contributed by atoms with Crippen molar-refractivity contribution in [3.8, 4) is 5.75 Å². The van der Waals surface area contributed by atoms with E-state index < -0.39 is 21.5 Å². The molecule has 1 aromatic rings. The number of para-hydroxylation sites is 1. The van der Waals surface area contributed by atoms with Crippen LogP contribution in [0.4, 0.5) is 0 Å². The Bertz CT molecular complexity index is 621. The summed E-state index contributed by atoms with van der Waals surface area (Å²) in [5, 5.41) is 9.41. The fourth-order valence-electron chi connectivity index (χ4n) is 2.23. The predicted octanol–water partition coefficient (Wildman–Crippen LogP) is 0.607. The van der Waals surface area contributed by atoms with Crippen LogP contribution in [0.1, 0.15) is 12.8 Å². The molecule has 0 aromatic heterocycles. The van der Waals surface area contributed by atoms with E-state index in [-0.39, 0.29) is 36.7 Å². The van der Waals surface area contributed by atoms with E-state index in [2.05, 4.69) is 4.72 Å². The second-order valence-corrected chi connectivity index (χ2v) is 6.41. The maximum atomic E-state index is 12.5. The molecule has 1 aromatic carbocycles. The Labute approximate surface area is 122 Å². The molecule has 1 heterocycles. The maximum absolute atomic E-state index is 12.5. The smallest absolute Gasteiger partial charge is 0.325 e. The first kappa shape index (κ1) is 15.7. The minimum atomic E-state index is -4.02. The highest BCUT2D eigenvalue weighted by atomic mass is 32.2. The van der Waals surface area contributed by atoms with Crippen molar-refractivity contribution in [2.45, 2.75) is 23.3 Å². The number of hydrogen-bond donors (Lipinski definition) is 2. The predicted molar refractivity (Wildman–Crippen MR) is 73.7 cm³/mol. The van der Waals surface area contributed by atoms with Crippen molar-refractivity contribution in [1.82, 2.24) is 4.72 Å². The number of hydrogen-bond acceptors (Lipinski definition) is 5. The molecule has 1 saturated heterocycles. The Hall–Kier alpha value is -1.64. The number of methoxy groups -OCH3 is 1. The number of sulfonamides is 1. The normalized spacial score (nSPS) is 18.1. The zero-order valence-corrected chi connectivity index (χ0v) is 12.4. The fraction of sp³-hybridized carbons (Fsp3) is 0.462. The van der Waals surface area contributed by atoms with Gasteiger partial charge < -0.3 is 14.6 Å². The quantitative estimate of drug-likeness (QED) is 0.825. The molecule has 0 unspecified atom stereocenters. The lowest BCUT2D eigenvalue weighted by Crippen LogP contribution is -2.57. The van der Waals surface area contributed by atoms with E-state index in [4.69, 9.17) is 9.47 Å². The topological polar surface area (TPSA) is 102 Å². The summed E-state index contributed by atoms with van der Waals surface area (Å²) in [5.41, 5.74) is -1.54. The number of carboxylic acids is 1. The van der Waals surface area contributed by atoms with Crippen molar-refractivity contribution in [2.75, 3.05) is 20.3 Å². The zero-order chi connectivity index (χ0) is 15.5. The zero-order valence-electron chi connectivity index (χ0n) is 11.5. The van der Waals surface area contributed by atoms with Gasteiger partial charge in [0, 0.05) is 26.1 Å². The molecular formula is C13H17NO6S. The van der Waals surface area contributed by atoms with Crippen LogP contribution >= 0.6 is 0 Å².